The lowest BCUT2D eigenvalue weighted by Crippen LogP contribution is -2.51. The Bertz CT molecular complexity index is 1190. The largest absolute Gasteiger partial charge is 0.354 e. The van der Waals surface area contributed by atoms with E-state index in [-0.39, 0.29) is 29.2 Å². The van der Waals surface area contributed by atoms with Crippen LogP contribution in [0.3, 0.4) is 0 Å². The monoisotopic (exact) mass is 423 g/mol. The minimum Gasteiger partial charge on any atom is -0.354 e. The summed E-state index contributed by atoms with van der Waals surface area (Å²) in [5, 5.41) is 1.01. The number of hydrogen-bond acceptors (Lipinski definition) is 4. The van der Waals surface area contributed by atoms with Crippen LogP contribution >= 0.6 is 0 Å². The van der Waals surface area contributed by atoms with Crippen LogP contribution in [0.4, 0.5) is 5.82 Å². The van der Waals surface area contributed by atoms with Gasteiger partial charge in [-0.05, 0) is 39.8 Å². The zero-order valence-electron chi connectivity index (χ0n) is 18.5. The maximum absolute atomic E-state index is 13.0. The predicted octanol–water partition coefficient (Wildman–Crippen LogP) is 2.62. The van der Waals surface area contributed by atoms with E-state index in [1.54, 1.807) is 10.6 Å². The highest BCUT2D eigenvalue weighted by molar-refractivity contribution is 5.98. The van der Waals surface area contributed by atoms with Gasteiger partial charge in [0.1, 0.15) is 11.5 Å². The molecule has 1 aromatic carbocycles. The number of hydrogen-bond donors (Lipinski definition) is 1. The lowest BCUT2D eigenvalue weighted by molar-refractivity contribution is 0.0741. The molecule has 0 saturated carbocycles. The van der Waals surface area contributed by atoms with E-state index in [9.17, 15) is 14.4 Å². The average molecular weight is 424 g/mol. The number of nitrogens with one attached hydrogen (secondary N) is 1. The molecule has 1 N–H and O–H groups in total. The lowest BCUT2D eigenvalue weighted by Gasteiger charge is -2.37. The van der Waals surface area contributed by atoms with Crippen LogP contribution < -0.4 is 16.1 Å². The van der Waals surface area contributed by atoms with Crippen molar-refractivity contribution in [2.75, 3.05) is 31.1 Å². The van der Waals surface area contributed by atoms with Gasteiger partial charge in [-0.15, -0.1) is 0 Å². The van der Waals surface area contributed by atoms with Gasteiger partial charge in [-0.3, -0.25) is 18.7 Å². The number of nitrogens with zero attached hydrogens (tertiary/aromatic N) is 4. The summed E-state index contributed by atoms with van der Waals surface area (Å²) >= 11 is 0. The molecule has 3 heterocycles. The molecular weight excluding hydrogens is 394 g/mol. The maximum atomic E-state index is 13.0. The Morgan fingerprint density at radius 1 is 0.903 bits per heavy atom. The molecule has 0 unspecified atom stereocenters. The molecule has 0 aliphatic carbocycles. The molecule has 1 saturated heterocycles. The number of rotatable bonds is 4. The molecule has 0 atom stereocenters. The number of anilines is 1. The third-order valence-electron chi connectivity index (χ3n) is 5.83. The number of H-pyrrole nitrogens is 1. The Hall–Kier alpha value is -3.29. The van der Waals surface area contributed by atoms with Crippen LogP contribution in [0.15, 0.2) is 46.0 Å². The topological polar surface area (TPSA) is 83.3 Å². The average Bonchev–Trinajstić information content (AvgIpc) is 3.16. The number of para-hydroxylation sites is 1. The summed E-state index contributed by atoms with van der Waals surface area (Å²) in [6.45, 7) is 9.71. The molecule has 8 heteroatoms. The number of piperazine rings is 1. The van der Waals surface area contributed by atoms with E-state index in [1.165, 1.54) is 4.57 Å². The van der Waals surface area contributed by atoms with Crippen molar-refractivity contribution in [3.63, 3.8) is 0 Å². The molecule has 1 aliphatic heterocycles. The first-order chi connectivity index (χ1) is 14.8. The fraction of sp³-hybridized carbons (Fsp3) is 0.435. The van der Waals surface area contributed by atoms with Crippen molar-refractivity contribution in [3.8, 4) is 0 Å². The normalized spacial score (nSPS) is 14.8. The Labute approximate surface area is 180 Å². The standard InChI is InChI=1S/C23H29N5O3/c1-15(2)27-20(14-21(29)28(16(3)4)23(27)31)25-9-11-26(12-10-25)22(30)19-13-17-7-5-6-8-18(17)24-19/h5-8,13-16,24H,9-12H2,1-4H3. The highest BCUT2D eigenvalue weighted by Crippen LogP contribution is 2.20. The van der Waals surface area contributed by atoms with Crippen LogP contribution in [0.25, 0.3) is 10.9 Å². The number of carbonyl (C=O) groups excluding carboxylic acids is 1. The summed E-state index contributed by atoms with van der Waals surface area (Å²) in [6, 6.07) is 11.0. The molecule has 0 radical (unpaired) electrons. The fourth-order valence-corrected chi connectivity index (χ4v) is 4.26. The Kier molecular flexibility index (Phi) is 5.47. The number of benzene rings is 1. The van der Waals surface area contributed by atoms with Crippen molar-refractivity contribution in [1.29, 1.82) is 0 Å². The molecule has 1 fully saturated rings. The van der Waals surface area contributed by atoms with Gasteiger partial charge < -0.3 is 14.8 Å². The zero-order chi connectivity index (χ0) is 22.3. The van der Waals surface area contributed by atoms with Crippen molar-refractivity contribution < 1.29 is 4.79 Å². The Morgan fingerprint density at radius 3 is 2.16 bits per heavy atom. The van der Waals surface area contributed by atoms with Gasteiger partial charge in [0.05, 0.1) is 0 Å². The highest BCUT2D eigenvalue weighted by atomic mass is 16.2. The molecule has 2 aromatic heterocycles. The van der Waals surface area contributed by atoms with E-state index in [1.807, 2.05) is 67.8 Å². The van der Waals surface area contributed by atoms with Crippen LogP contribution in [-0.4, -0.2) is 51.1 Å². The van der Waals surface area contributed by atoms with Gasteiger partial charge >= 0.3 is 5.69 Å². The summed E-state index contributed by atoms with van der Waals surface area (Å²) < 4.78 is 2.97. The third-order valence-corrected chi connectivity index (χ3v) is 5.83. The van der Waals surface area contributed by atoms with E-state index in [0.717, 1.165) is 10.9 Å². The Morgan fingerprint density at radius 2 is 1.55 bits per heavy atom. The number of fused-ring (bicyclic) bond motifs is 1. The molecule has 0 spiro atoms. The summed E-state index contributed by atoms with van der Waals surface area (Å²) in [5.41, 5.74) is 0.942. The van der Waals surface area contributed by atoms with Gasteiger partial charge in [-0.25, -0.2) is 4.79 Å². The first-order valence-corrected chi connectivity index (χ1v) is 10.8. The molecule has 3 aromatic rings. The molecular formula is C23H29N5O3. The molecule has 1 aliphatic rings. The van der Waals surface area contributed by atoms with Crippen LogP contribution in [0, 0.1) is 0 Å². The highest BCUT2D eigenvalue weighted by Gasteiger charge is 2.26. The van der Waals surface area contributed by atoms with E-state index in [0.29, 0.717) is 37.7 Å². The molecule has 4 rings (SSSR count). The predicted molar refractivity (Wildman–Crippen MR) is 122 cm³/mol. The van der Waals surface area contributed by atoms with Crippen LogP contribution in [0.5, 0.6) is 0 Å². The summed E-state index contributed by atoms with van der Waals surface area (Å²) in [6.07, 6.45) is 0. The van der Waals surface area contributed by atoms with Crippen molar-refractivity contribution in [3.05, 3.63) is 62.9 Å². The maximum Gasteiger partial charge on any atom is 0.333 e. The SMILES string of the molecule is CC(C)n1c(N2CCN(C(=O)c3cc4ccccc4[nH]3)CC2)cc(=O)n(C(C)C)c1=O. The van der Waals surface area contributed by atoms with Gasteiger partial charge in [-0.2, -0.15) is 0 Å². The number of aromatic nitrogens is 3. The van der Waals surface area contributed by atoms with Crippen LogP contribution in [-0.2, 0) is 0 Å². The van der Waals surface area contributed by atoms with Crippen LogP contribution in [0.2, 0.25) is 0 Å². The van der Waals surface area contributed by atoms with Crippen LogP contribution in [0.1, 0.15) is 50.3 Å². The van der Waals surface area contributed by atoms with Crippen molar-refractivity contribution >= 4 is 22.6 Å². The number of aromatic amines is 1. The van der Waals surface area contributed by atoms with E-state index < -0.39 is 0 Å². The van der Waals surface area contributed by atoms with Crippen molar-refractivity contribution in [2.45, 2.75) is 39.8 Å². The molecule has 31 heavy (non-hydrogen) atoms. The summed E-state index contributed by atoms with van der Waals surface area (Å²) in [4.78, 5) is 45.7. The number of carbonyl (C=O) groups is 1. The molecule has 1 amide bonds. The third kappa shape index (κ3) is 3.78. The second-order valence-corrected chi connectivity index (χ2v) is 8.60. The minimum atomic E-state index is -0.288. The smallest absolute Gasteiger partial charge is 0.333 e. The minimum absolute atomic E-state index is 0.0349. The quantitative estimate of drug-likeness (QED) is 0.699. The summed E-state index contributed by atoms with van der Waals surface area (Å²) in [7, 11) is 0. The van der Waals surface area contributed by atoms with E-state index in [4.69, 9.17) is 0 Å². The van der Waals surface area contributed by atoms with Gasteiger partial charge in [-0.1, -0.05) is 18.2 Å². The zero-order valence-corrected chi connectivity index (χ0v) is 18.5. The van der Waals surface area contributed by atoms with Crippen molar-refractivity contribution in [1.82, 2.24) is 19.0 Å². The van der Waals surface area contributed by atoms with Gasteiger partial charge in [0, 0.05) is 55.2 Å². The van der Waals surface area contributed by atoms with Gasteiger partial charge in [0.25, 0.3) is 11.5 Å². The second kappa shape index (κ2) is 8.09. The van der Waals surface area contributed by atoms with E-state index >= 15 is 0 Å². The van der Waals surface area contributed by atoms with Gasteiger partial charge in [0.2, 0.25) is 0 Å². The lowest BCUT2D eigenvalue weighted by atomic mass is 10.2. The fourth-order valence-electron chi connectivity index (χ4n) is 4.26. The molecule has 0 bridgehead atoms. The summed E-state index contributed by atoms with van der Waals surface area (Å²) in [5.74, 6) is 0.590. The first-order valence-electron chi connectivity index (χ1n) is 10.8. The Balaban J connectivity index is 1.56. The molecule has 164 valence electrons. The molecule has 8 nitrogen and oxygen atoms in total. The van der Waals surface area contributed by atoms with Gasteiger partial charge in [0.15, 0.2) is 0 Å². The first kappa shape index (κ1) is 21.0. The number of amides is 1. The van der Waals surface area contributed by atoms with Crippen molar-refractivity contribution in [2.24, 2.45) is 0 Å². The van der Waals surface area contributed by atoms with E-state index in [2.05, 4.69) is 4.98 Å². The second-order valence-electron chi connectivity index (χ2n) is 8.60.